The van der Waals surface area contributed by atoms with Crippen LogP contribution in [-0.4, -0.2) is 4.98 Å². The predicted octanol–water partition coefficient (Wildman–Crippen LogP) is 1.73. The Kier molecular flexibility index (Phi) is 1.50. The SMILES string of the molecule is Cc1ccc(C(N)C2CC2)[nH]1. The van der Waals surface area contributed by atoms with E-state index in [4.69, 9.17) is 5.73 Å². The molecule has 3 N–H and O–H groups in total. The molecule has 2 nitrogen and oxygen atoms in total. The van der Waals surface area contributed by atoms with Crippen LogP contribution in [0, 0.1) is 12.8 Å². The highest BCUT2D eigenvalue weighted by molar-refractivity contribution is 5.16. The highest BCUT2D eigenvalue weighted by Gasteiger charge is 2.29. The Morgan fingerprint density at radius 3 is 2.73 bits per heavy atom. The lowest BCUT2D eigenvalue weighted by atomic mass is 10.1. The highest BCUT2D eigenvalue weighted by Crippen LogP contribution is 2.38. The third kappa shape index (κ3) is 1.31. The number of hydrogen-bond acceptors (Lipinski definition) is 1. The van der Waals surface area contributed by atoms with Crippen LogP contribution in [0.25, 0.3) is 0 Å². The zero-order chi connectivity index (χ0) is 7.84. The lowest BCUT2D eigenvalue weighted by molar-refractivity contribution is 0.617. The molecule has 0 bridgehead atoms. The van der Waals surface area contributed by atoms with Gasteiger partial charge in [0.2, 0.25) is 0 Å². The van der Waals surface area contributed by atoms with Crippen molar-refractivity contribution >= 4 is 0 Å². The van der Waals surface area contributed by atoms with E-state index in [9.17, 15) is 0 Å². The summed E-state index contributed by atoms with van der Waals surface area (Å²) in [6.45, 7) is 2.06. The molecule has 1 heterocycles. The molecule has 1 aromatic heterocycles. The average molecular weight is 150 g/mol. The molecule has 2 heteroatoms. The zero-order valence-electron chi connectivity index (χ0n) is 6.80. The van der Waals surface area contributed by atoms with E-state index in [1.54, 1.807) is 0 Å². The Hall–Kier alpha value is -0.760. The van der Waals surface area contributed by atoms with Crippen LogP contribution >= 0.6 is 0 Å². The maximum absolute atomic E-state index is 5.98. The maximum Gasteiger partial charge on any atom is 0.0476 e. The summed E-state index contributed by atoms with van der Waals surface area (Å²) in [4.78, 5) is 3.27. The predicted molar refractivity (Wildman–Crippen MR) is 45.2 cm³/mol. The number of aryl methyl sites for hydroxylation is 1. The van der Waals surface area contributed by atoms with E-state index in [-0.39, 0.29) is 6.04 Å². The molecule has 1 unspecified atom stereocenters. The minimum absolute atomic E-state index is 0.253. The maximum atomic E-state index is 5.98. The Morgan fingerprint density at radius 2 is 2.27 bits per heavy atom. The van der Waals surface area contributed by atoms with Crippen molar-refractivity contribution in [2.45, 2.75) is 25.8 Å². The summed E-state index contributed by atoms with van der Waals surface area (Å²) in [5.74, 6) is 0.744. The van der Waals surface area contributed by atoms with Crippen LogP contribution in [-0.2, 0) is 0 Å². The second-order valence-corrected chi connectivity index (χ2v) is 3.46. The van der Waals surface area contributed by atoms with Crippen molar-refractivity contribution in [3.05, 3.63) is 23.5 Å². The van der Waals surface area contributed by atoms with Crippen LogP contribution in [0.5, 0.6) is 0 Å². The van der Waals surface area contributed by atoms with Crippen molar-refractivity contribution in [2.75, 3.05) is 0 Å². The standard InChI is InChI=1S/C9H14N2/c1-6-2-5-8(11-6)9(10)7-3-4-7/h2,5,7,9,11H,3-4,10H2,1H3. The van der Waals surface area contributed by atoms with Gasteiger partial charge in [-0.05, 0) is 37.8 Å². The van der Waals surface area contributed by atoms with Crippen LogP contribution < -0.4 is 5.73 Å². The van der Waals surface area contributed by atoms with Gasteiger partial charge in [0, 0.05) is 17.4 Å². The minimum Gasteiger partial charge on any atom is -0.361 e. The van der Waals surface area contributed by atoms with Gasteiger partial charge in [0.25, 0.3) is 0 Å². The molecule has 1 atom stereocenters. The summed E-state index contributed by atoms with van der Waals surface area (Å²) in [6.07, 6.45) is 2.61. The van der Waals surface area contributed by atoms with E-state index in [2.05, 4.69) is 24.0 Å². The second-order valence-electron chi connectivity index (χ2n) is 3.46. The van der Waals surface area contributed by atoms with E-state index in [1.807, 2.05) is 0 Å². The fourth-order valence-corrected chi connectivity index (χ4v) is 1.43. The molecule has 0 saturated heterocycles. The first-order chi connectivity index (χ1) is 5.27. The third-order valence-corrected chi connectivity index (χ3v) is 2.34. The Morgan fingerprint density at radius 1 is 1.55 bits per heavy atom. The number of nitrogens with one attached hydrogen (secondary N) is 1. The smallest absolute Gasteiger partial charge is 0.0476 e. The molecule has 0 aliphatic heterocycles. The van der Waals surface area contributed by atoms with Gasteiger partial charge in [0.15, 0.2) is 0 Å². The molecule has 0 aromatic carbocycles. The molecule has 1 saturated carbocycles. The largest absolute Gasteiger partial charge is 0.361 e. The summed E-state index contributed by atoms with van der Waals surface area (Å²) < 4.78 is 0. The quantitative estimate of drug-likeness (QED) is 0.662. The van der Waals surface area contributed by atoms with E-state index < -0.39 is 0 Å². The minimum atomic E-state index is 0.253. The Bertz CT molecular complexity index is 248. The summed E-state index contributed by atoms with van der Waals surface area (Å²) >= 11 is 0. The lowest BCUT2D eigenvalue weighted by Crippen LogP contribution is -2.12. The van der Waals surface area contributed by atoms with Crippen molar-refractivity contribution in [3.63, 3.8) is 0 Å². The molecule has 1 aromatic rings. The van der Waals surface area contributed by atoms with E-state index in [0.29, 0.717) is 0 Å². The molecule has 11 heavy (non-hydrogen) atoms. The molecule has 2 rings (SSSR count). The Balaban J connectivity index is 2.14. The monoisotopic (exact) mass is 150 g/mol. The second kappa shape index (κ2) is 2.38. The van der Waals surface area contributed by atoms with Crippen LogP contribution in [0.2, 0.25) is 0 Å². The molecule has 0 amide bonds. The van der Waals surface area contributed by atoms with Crippen LogP contribution in [0.3, 0.4) is 0 Å². The number of rotatable bonds is 2. The van der Waals surface area contributed by atoms with Crippen molar-refractivity contribution in [3.8, 4) is 0 Å². The highest BCUT2D eigenvalue weighted by atomic mass is 14.8. The van der Waals surface area contributed by atoms with Gasteiger partial charge >= 0.3 is 0 Å². The molecule has 0 radical (unpaired) electrons. The Labute approximate surface area is 66.8 Å². The third-order valence-electron chi connectivity index (χ3n) is 2.34. The van der Waals surface area contributed by atoms with Gasteiger partial charge in [-0.25, -0.2) is 0 Å². The summed E-state index contributed by atoms with van der Waals surface area (Å²) in [5.41, 5.74) is 8.39. The van der Waals surface area contributed by atoms with Crippen LogP contribution in [0.1, 0.15) is 30.3 Å². The molecule has 1 aliphatic rings. The first-order valence-electron chi connectivity index (χ1n) is 4.18. The summed E-state index contributed by atoms with van der Waals surface area (Å²) in [6, 6.07) is 4.43. The normalized spacial score (nSPS) is 20.2. The van der Waals surface area contributed by atoms with Gasteiger partial charge in [0.05, 0.1) is 0 Å². The van der Waals surface area contributed by atoms with Crippen molar-refractivity contribution in [2.24, 2.45) is 11.7 Å². The molecular formula is C9H14N2. The molecule has 0 spiro atoms. The van der Waals surface area contributed by atoms with Crippen molar-refractivity contribution in [1.82, 2.24) is 4.98 Å². The zero-order valence-corrected chi connectivity index (χ0v) is 6.80. The molecular weight excluding hydrogens is 136 g/mol. The van der Waals surface area contributed by atoms with E-state index in [1.165, 1.54) is 24.2 Å². The average Bonchev–Trinajstić information content (AvgIpc) is 2.74. The first kappa shape index (κ1) is 6.92. The van der Waals surface area contributed by atoms with Gasteiger partial charge in [-0.3, -0.25) is 0 Å². The summed E-state index contributed by atoms with van der Waals surface area (Å²) in [5, 5.41) is 0. The van der Waals surface area contributed by atoms with Crippen LogP contribution in [0.4, 0.5) is 0 Å². The number of nitrogens with two attached hydrogens (primary N) is 1. The van der Waals surface area contributed by atoms with Gasteiger partial charge in [-0.2, -0.15) is 0 Å². The fourth-order valence-electron chi connectivity index (χ4n) is 1.43. The van der Waals surface area contributed by atoms with Crippen molar-refractivity contribution in [1.29, 1.82) is 0 Å². The topological polar surface area (TPSA) is 41.8 Å². The fraction of sp³-hybridized carbons (Fsp3) is 0.556. The molecule has 60 valence electrons. The van der Waals surface area contributed by atoms with Gasteiger partial charge in [-0.15, -0.1) is 0 Å². The van der Waals surface area contributed by atoms with E-state index in [0.717, 1.165) is 5.92 Å². The lowest BCUT2D eigenvalue weighted by Gasteiger charge is -2.06. The van der Waals surface area contributed by atoms with Crippen molar-refractivity contribution < 1.29 is 0 Å². The molecule has 1 fully saturated rings. The first-order valence-corrected chi connectivity index (χ1v) is 4.18. The van der Waals surface area contributed by atoms with E-state index >= 15 is 0 Å². The van der Waals surface area contributed by atoms with Gasteiger partial charge < -0.3 is 10.7 Å². The number of aromatic amines is 1. The summed E-state index contributed by atoms with van der Waals surface area (Å²) in [7, 11) is 0. The van der Waals surface area contributed by atoms with Crippen LogP contribution in [0.15, 0.2) is 12.1 Å². The number of aromatic nitrogens is 1. The number of hydrogen-bond donors (Lipinski definition) is 2. The number of H-pyrrole nitrogens is 1. The van der Waals surface area contributed by atoms with Gasteiger partial charge in [-0.1, -0.05) is 0 Å². The van der Waals surface area contributed by atoms with Gasteiger partial charge in [0.1, 0.15) is 0 Å². The molecule has 1 aliphatic carbocycles.